The Morgan fingerprint density at radius 2 is 2.17 bits per heavy atom. The van der Waals surface area contributed by atoms with Crippen LogP contribution in [0.5, 0.6) is 0 Å². The molecule has 0 spiro atoms. The maximum absolute atomic E-state index is 12.4. The molecule has 5 nitrogen and oxygen atoms in total. The number of methoxy groups -OCH3 is 1. The Bertz CT molecular complexity index is 654. The summed E-state index contributed by atoms with van der Waals surface area (Å²) in [5.74, 6) is 1.06. The van der Waals surface area contributed by atoms with Crippen molar-refractivity contribution in [2.45, 2.75) is 25.4 Å². The first-order valence-corrected chi connectivity index (χ1v) is 7.86. The minimum absolute atomic E-state index is 0.0333. The minimum atomic E-state index is -0.304. The Labute approximate surface area is 136 Å². The smallest absolute Gasteiger partial charge is 0.315 e. The summed E-state index contributed by atoms with van der Waals surface area (Å²) in [6.45, 7) is 2.52. The SMILES string of the molecule is COCC(NC(=O)NC1c2ccccc2CC1C)c1ccco1. The van der Waals surface area contributed by atoms with Crippen LogP contribution in [0.3, 0.4) is 0 Å². The van der Waals surface area contributed by atoms with Crippen molar-refractivity contribution in [1.29, 1.82) is 0 Å². The average Bonchev–Trinajstić information content (AvgIpc) is 3.16. The Kier molecular flexibility index (Phi) is 4.67. The fourth-order valence-electron chi connectivity index (χ4n) is 3.21. The lowest BCUT2D eigenvalue weighted by Gasteiger charge is -2.22. The van der Waals surface area contributed by atoms with Crippen molar-refractivity contribution in [3.05, 3.63) is 59.5 Å². The molecule has 3 atom stereocenters. The minimum Gasteiger partial charge on any atom is -0.467 e. The number of carbonyl (C=O) groups is 1. The van der Waals surface area contributed by atoms with Crippen LogP contribution in [0.2, 0.25) is 0 Å². The quantitative estimate of drug-likeness (QED) is 0.891. The zero-order valence-electron chi connectivity index (χ0n) is 13.4. The normalized spacial score (nSPS) is 20.8. The van der Waals surface area contributed by atoms with Gasteiger partial charge in [-0.2, -0.15) is 0 Å². The van der Waals surface area contributed by atoms with Gasteiger partial charge < -0.3 is 19.8 Å². The van der Waals surface area contributed by atoms with Gasteiger partial charge in [-0.15, -0.1) is 0 Å². The first-order chi connectivity index (χ1) is 11.2. The fraction of sp³-hybridized carbons (Fsp3) is 0.389. The van der Waals surface area contributed by atoms with Gasteiger partial charge in [0.1, 0.15) is 11.8 Å². The highest BCUT2D eigenvalue weighted by Crippen LogP contribution is 2.35. The number of nitrogens with one attached hydrogen (secondary N) is 2. The number of ether oxygens (including phenoxy) is 1. The van der Waals surface area contributed by atoms with Gasteiger partial charge in [-0.25, -0.2) is 4.79 Å². The van der Waals surface area contributed by atoms with Gasteiger partial charge in [0, 0.05) is 7.11 Å². The van der Waals surface area contributed by atoms with Crippen LogP contribution in [0, 0.1) is 5.92 Å². The largest absolute Gasteiger partial charge is 0.467 e. The van der Waals surface area contributed by atoms with E-state index >= 15 is 0 Å². The third kappa shape index (κ3) is 3.40. The second kappa shape index (κ2) is 6.87. The molecule has 0 aliphatic heterocycles. The van der Waals surface area contributed by atoms with Gasteiger partial charge in [-0.1, -0.05) is 31.2 Å². The molecule has 1 aromatic carbocycles. The molecule has 3 rings (SSSR count). The first kappa shape index (κ1) is 15.6. The maximum atomic E-state index is 12.4. The van der Waals surface area contributed by atoms with Crippen LogP contribution in [0.4, 0.5) is 4.79 Å². The van der Waals surface area contributed by atoms with E-state index in [1.807, 2.05) is 18.2 Å². The van der Waals surface area contributed by atoms with Crippen molar-refractivity contribution in [1.82, 2.24) is 10.6 Å². The standard InChI is InChI=1S/C18H22N2O3/c1-12-10-13-6-3-4-7-14(13)17(12)20-18(21)19-15(11-22-2)16-8-5-9-23-16/h3-9,12,15,17H,10-11H2,1-2H3,(H2,19,20,21). The summed E-state index contributed by atoms with van der Waals surface area (Å²) in [6, 6.07) is 11.4. The molecular formula is C18H22N2O3. The van der Waals surface area contributed by atoms with Crippen LogP contribution in [-0.2, 0) is 11.2 Å². The van der Waals surface area contributed by atoms with E-state index in [0.717, 1.165) is 6.42 Å². The van der Waals surface area contributed by atoms with Crippen LogP contribution in [0.15, 0.2) is 47.1 Å². The van der Waals surface area contributed by atoms with E-state index in [1.165, 1.54) is 11.1 Å². The molecule has 0 saturated heterocycles. The number of fused-ring (bicyclic) bond motifs is 1. The van der Waals surface area contributed by atoms with E-state index in [1.54, 1.807) is 19.4 Å². The predicted octanol–water partition coefficient (Wildman–Crippen LogP) is 3.20. The van der Waals surface area contributed by atoms with Crippen molar-refractivity contribution in [2.75, 3.05) is 13.7 Å². The number of hydrogen-bond acceptors (Lipinski definition) is 3. The fourth-order valence-corrected chi connectivity index (χ4v) is 3.21. The summed E-state index contributed by atoms with van der Waals surface area (Å²) >= 11 is 0. The van der Waals surface area contributed by atoms with Crippen molar-refractivity contribution in [3.8, 4) is 0 Å². The number of amides is 2. The molecule has 2 aromatic rings. The van der Waals surface area contributed by atoms with Crippen LogP contribution >= 0.6 is 0 Å². The van der Waals surface area contributed by atoms with E-state index in [4.69, 9.17) is 9.15 Å². The van der Waals surface area contributed by atoms with Gasteiger partial charge in [0.25, 0.3) is 0 Å². The van der Waals surface area contributed by atoms with E-state index in [0.29, 0.717) is 18.3 Å². The van der Waals surface area contributed by atoms with E-state index < -0.39 is 0 Å². The monoisotopic (exact) mass is 314 g/mol. The Hall–Kier alpha value is -2.27. The second-order valence-electron chi connectivity index (χ2n) is 6.00. The average molecular weight is 314 g/mol. The van der Waals surface area contributed by atoms with Crippen LogP contribution in [-0.4, -0.2) is 19.7 Å². The van der Waals surface area contributed by atoms with Gasteiger partial charge in [0.15, 0.2) is 0 Å². The summed E-state index contributed by atoms with van der Waals surface area (Å²) in [5, 5.41) is 6.02. The van der Waals surface area contributed by atoms with Gasteiger partial charge >= 0.3 is 6.03 Å². The molecule has 2 N–H and O–H groups in total. The highest BCUT2D eigenvalue weighted by atomic mass is 16.5. The molecule has 3 unspecified atom stereocenters. The molecule has 1 heterocycles. The zero-order chi connectivity index (χ0) is 16.2. The lowest BCUT2D eigenvalue weighted by molar-refractivity contribution is 0.156. The van der Waals surface area contributed by atoms with Crippen LogP contribution in [0.1, 0.15) is 35.9 Å². The van der Waals surface area contributed by atoms with Gasteiger partial charge in [-0.05, 0) is 35.6 Å². The molecule has 0 saturated carbocycles. The lowest BCUT2D eigenvalue weighted by Crippen LogP contribution is -2.42. The summed E-state index contributed by atoms with van der Waals surface area (Å²) in [6.07, 6.45) is 2.58. The number of hydrogen-bond donors (Lipinski definition) is 2. The molecule has 1 aromatic heterocycles. The van der Waals surface area contributed by atoms with E-state index in [-0.39, 0.29) is 18.1 Å². The van der Waals surface area contributed by atoms with Crippen molar-refractivity contribution < 1.29 is 13.9 Å². The summed E-state index contributed by atoms with van der Waals surface area (Å²) in [4.78, 5) is 12.4. The van der Waals surface area contributed by atoms with Crippen LogP contribution < -0.4 is 10.6 Å². The zero-order valence-corrected chi connectivity index (χ0v) is 13.4. The number of furan rings is 1. The van der Waals surface area contributed by atoms with Gasteiger partial charge in [-0.3, -0.25) is 0 Å². The van der Waals surface area contributed by atoms with E-state index in [9.17, 15) is 4.79 Å². The Balaban J connectivity index is 1.67. The van der Waals surface area contributed by atoms with Gasteiger partial charge in [0.05, 0.1) is 18.9 Å². The molecule has 1 aliphatic carbocycles. The molecule has 0 radical (unpaired) electrons. The Morgan fingerprint density at radius 3 is 2.91 bits per heavy atom. The van der Waals surface area contributed by atoms with Gasteiger partial charge in [0.2, 0.25) is 0 Å². The third-order valence-corrected chi connectivity index (χ3v) is 4.31. The predicted molar refractivity (Wildman–Crippen MR) is 87.0 cm³/mol. The molecule has 2 amide bonds. The molecular weight excluding hydrogens is 292 g/mol. The number of carbonyl (C=O) groups excluding carboxylic acids is 1. The molecule has 122 valence electrons. The highest BCUT2D eigenvalue weighted by molar-refractivity contribution is 5.75. The van der Waals surface area contributed by atoms with E-state index in [2.05, 4.69) is 29.7 Å². The number of urea groups is 1. The number of benzene rings is 1. The summed E-state index contributed by atoms with van der Waals surface area (Å²) in [7, 11) is 1.60. The molecule has 5 heteroatoms. The van der Waals surface area contributed by atoms with Crippen molar-refractivity contribution >= 4 is 6.03 Å². The van der Waals surface area contributed by atoms with Crippen LogP contribution in [0.25, 0.3) is 0 Å². The molecule has 0 bridgehead atoms. The Morgan fingerprint density at radius 1 is 1.35 bits per heavy atom. The van der Waals surface area contributed by atoms with Crippen molar-refractivity contribution in [3.63, 3.8) is 0 Å². The molecule has 0 fully saturated rings. The second-order valence-corrected chi connectivity index (χ2v) is 6.00. The highest BCUT2D eigenvalue weighted by Gasteiger charge is 2.30. The summed E-state index contributed by atoms with van der Waals surface area (Å²) < 4.78 is 10.5. The van der Waals surface area contributed by atoms with Crippen molar-refractivity contribution in [2.24, 2.45) is 5.92 Å². The maximum Gasteiger partial charge on any atom is 0.315 e. The molecule has 23 heavy (non-hydrogen) atoms. The first-order valence-electron chi connectivity index (χ1n) is 7.86. The lowest BCUT2D eigenvalue weighted by atomic mass is 10.0. The molecule has 1 aliphatic rings. The topological polar surface area (TPSA) is 63.5 Å². The summed E-state index contributed by atoms with van der Waals surface area (Å²) in [5.41, 5.74) is 2.52. The third-order valence-electron chi connectivity index (χ3n) is 4.31. The number of rotatable bonds is 5.